The van der Waals surface area contributed by atoms with E-state index in [2.05, 4.69) is 10.1 Å². The Balaban J connectivity index is 2.37. The summed E-state index contributed by atoms with van der Waals surface area (Å²) < 4.78 is 7.02. The van der Waals surface area contributed by atoms with Crippen LogP contribution in [-0.4, -0.2) is 14.7 Å². The van der Waals surface area contributed by atoms with Crippen molar-refractivity contribution in [3.8, 4) is 0 Å². The van der Waals surface area contributed by atoms with Gasteiger partial charge >= 0.3 is 0 Å². The van der Waals surface area contributed by atoms with Gasteiger partial charge in [-0.2, -0.15) is 4.98 Å². The van der Waals surface area contributed by atoms with Crippen LogP contribution in [0.15, 0.2) is 29.0 Å². The Kier molecular flexibility index (Phi) is 2.32. The number of nitrogens with zero attached hydrogens (tertiary/aromatic N) is 3. The van der Waals surface area contributed by atoms with Crippen molar-refractivity contribution in [2.75, 3.05) is 0 Å². The van der Waals surface area contributed by atoms with Crippen molar-refractivity contribution in [3.05, 3.63) is 36.2 Å². The molecule has 0 aliphatic heterocycles. The van der Waals surface area contributed by atoms with Crippen molar-refractivity contribution in [2.45, 2.75) is 25.9 Å². The molecule has 0 amide bonds. The van der Waals surface area contributed by atoms with Gasteiger partial charge in [0.1, 0.15) is 5.54 Å². The van der Waals surface area contributed by atoms with Crippen LogP contribution in [0.2, 0.25) is 0 Å². The van der Waals surface area contributed by atoms with E-state index in [0.29, 0.717) is 11.7 Å². The van der Waals surface area contributed by atoms with Crippen LogP contribution < -0.4 is 5.73 Å². The van der Waals surface area contributed by atoms with Crippen molar-refractivity contribution in [2.24, 2.45) is 5.73 Å². The quantitative estimate of drug-likeness (QED) is 0.816. The van der Waals surface area contributed by atoms with Gasteiger partial charge in [-0.05, 0) is 26.0 Å². The van der Waals surface area contributed by atoms with E-state index in [-0.39, 0.29) is 12.1 Å². The Labute approximate surface area is 87.9 Å². The first kappa shape index (κ1) is 9.92. The summed E-state index contributed by atoms with van der Waals surface area (Å²) in [6.07, 6.45) is 3.94. The fraction of sp³-hybridized carbons (Fsp3) is 0.400. The second-order valence-corrected chi connectivity index (χ2v) is 3.87. The first-order valence-corrected chi connectivity index (χ1v) is 4.81. The molecule has 0 radical (unpaired) electrons. The van der Waals surface area contributed by atoms with E-state index >= 15 is 0 Å². The Hall–Kier alpha value is -1.62. The molecule has 0 saturated heterocycles. The molecule has 80 valence electrons. The van der Waals surface area contributed by atoms with Crippen molar-refractivity contribution < 1.29 is 4.52 Å². The average molecular weight is 206 g/mol. The molecule has 0 aliphatic carbocycles. The molecule has 0 aromatic carbocycles. The minimum absolute atomic E-state index is 0.273. The van der Waals surface area contributed by atoms with Gasteiger partial charge in [-0.15, -0.1) is 0 Å². The number of hydrogen-bond acceptors (Lipinski definition) is 4. The smallest absolute Gasteiger partial charge is 0.240 e. The van der Waals surface area contributed by atoms with Crippen molar-refractivity contribution in [1.29, 1.82) is 0 Å². The molecule has 0 bridgehead atoms. The van der Waals surface area contributed by atoms with E-state index in [4.69, 9.17) is 10.3 Å². The fourth-order valence-electron chi connectivity index (χ4n) is 1.41. The highest BCUT2D eigenvalue weighted by Crippen LogP contribution is 2.22. The molecule has 0 atom stereocenters. The molecule has 2 aromatic rings. The molecule has 5 nitrogen and oxygen atoms in total. The van der Waals surface area contributed by atoms with Gasteiger partial charge in [0.2, 0.25) is 5.89 Å². The maximum Gasteiger partial charge on any atom is 0.240 e. The summed E-state index contributed by atoms with van der Waals surface area (Å²) in [5, 5.41) is 3.93. The molecular weight excluding hydrogens is 192 g/mol. The summed E-state index contributed by atoms with van der Waals surface area (Å²) in [6.45, 7) is 4.32. The Morgan fingerprint density at radius 2 is 2.07 bits per heavy atom. The lowest BCUT2D eigenvalue weighted by atomic mass is 10.1. The maximum absolute atomic E-state index is 5.42. The van der Waals surface area contributed by atoms with E-state index in [1.165, 1.54) is 0 Å². The van der Waals surface area contributed by atoms with Gasteiger partial charge in [0.15, 0.2) is 5.82 Å². The fourth-order valence-corrected chi connectivity index (χ4v) is 1.41. The maximum atomic E-state index is 5.42. The van der Waals surface area contributed by atoms with Crippen LogP contribution in [0.4, 0.5) is 0 Å². The number of hydrogen-bond donors (Lipinski definition) is 1. The SMILES string of the molecule is CC(C)(c1noc(CN)n1)n1cccc1. The molecule has 2 heterocycles. The van der Waals surface area contributed by atoms with E-state index in [1.807, 2.05) is 42.9 Å². The Morgan fingerprint density at radius 1 is 1.40 bits per heavy atom. The number of nitrogens with two attached hydrogens (primary N) is 1. The molecule has 0 fully saturated rings. The summed E-state index contributed by atoms with van der Waals surface area (Å²) in [6, 6.07) is 3.93. The summed E-state index contributed by atoms with van der Waals surface area (Å²) in [4.78, 5) is 4.23. The molecule has 15 heavy (non-hydrogen) atoms. The Bertz CT molecular complexity index is 430. The number of aromatic nitrogens is 3. The Morgan fingerprint density at radius 3 is 2.60 bits per heavy atom. The summed E-state index contributed by atoms with van der Waals surface area (Å²) in [5.74, 6) is 1.10. The second-order valence-electron chi connectivity index (χ2n) is 3.87. The molecule has 0 unspecified atom stereocenters. The van der Waals surface area contributed by atoms with E-state index in [0.717, 1.165) is 0 Å². The lowest BCUT2D eigenvalue weighted by molar-refractivity contribution is 0.344. The van der Waals surface area contributed by atoms with Crippen molar-refractivity contribution in [3.63, 3.8) is 0 Å². The first-order valence-electron chi connectivity index (χ1n) is 4.81. The van der Waals surface area contributed by atoms with Crippen LogP contribution in [0.3, 0.4) is 0 Å². The zero-order valence-corrected chi connectivity index (χ0v) is 8.84. The van der Waals surface area contributed by atoms with E-state index in [9.17, 15) is 0 Å². The standard InChI is InChI=1S/C10H14N4O/c1-10(2,14-5-3-4-6-14)9-12-8(7-11)15-13-9/h3-6H,7,11H2,1-2H3. The highest BCUT2D eigenvalue weighted by molar-refractivity contribution is 5.07. The minimum atomic E-state index is -0.319. The van der Waals surface area contributed by atoms with Gasteiger partial charge in [0.05, 0.1) is 6.54 Å². The second kappa shape index (κ2) is 3.51. The zero-order chi connectivity index (χ0) is 10.9. The summed E-state index contributed by atoms with van der Waals surface area (Å²) in [5.41, 5.74) is 5.10. The van der Waals surface area contributed by atoms with Gasteiger partial charge in [-0.25, -0.2) is 0 Å². The molecule has 2 N–H and O–H groups in total. The van der Waals surface area contributed by atoms with Crippen LogP contribution >= 0.6 is 0 Å². The van der Waals surface area contributed by atoms with Crippen molar-refractivity contribution >= 4 is 0 Å². The normalized spacial score (nSPS) is 11.9. The van der Waals surface area contributed by atoms with Crippen LogP contribution in [0.25, 0.3) is 0 Å². The molecule has 0 spiro atoms. The summed E-state index contributed by atoms with van der Waals surface area (Å²) in [7, 11) is 0. The van der Waals surface area contributed by atoms with Crippen LogP contribution in [0.5, 0.6) is 0 Å². The average Bonchev–Trinajstić information content (AvgIpc) is 2.89. The predicted octanol–water partition coefficient (Wildman–Crippen LogP) is 1.11. The van der Waals surface area contributed by atoms with Gasteiger partial charge in [-0.3, -0.25) is 0 Å². The highest BCUT2D eigenvalue weighted by Gasteiger charge is 2.27. The monoisotopic (exact) mass is 206 g/mol. The number of rotatable bonds is 3. The van der Waals surface area contributed by atoms with E-state index < -0.39 is 0 Å². The van der Waals surface area contributed by atoms with Gasteiger partial charge in [0.25, 0.3) is 0 Å². The third kappa shape index (κ3) is 1.66. The summed E-state index contributed by atoms with van der Waals surface area (Å²) >= 11 is 0. The molecule has 0 aliphatic rings. The minimum Gasteiger partial charge on any atom is -0.341 e. The third-order valence-electron chi connectivity index (χ3n) is 2.44. The molecule has 0 saturated carbocycles. The van der Waals surface area contributed by atoms with E-state index in [1.54, 1.807) is 0 Å². The lowest BCUT2D eigenvalue weighted by Crippen LogP contribution is -2.27. The topological polar surface area (TPSA) is 69.9 Å². The first-order chi connectivity index (χ1) is 7.14. The predicted molar refractivity (Wildman–Crippen MR) is 55.0 cm³/mol. The van der Waals surface area contributed by atoms with Crippen LogP contribution in [0, 0.1) is 0 Å². The van der Waals surface area contributed by atoms with Crippen LogP contribution in [0.1, 0.15) is 25.6 Å². The zero-order valence-electron chi connectivity index (χ0n) is 8.84. The largest absolute Gasteiger partial charge is 0.341 e. The van der Waals surface area contributed by atoms with Crippen molar-refractivity contribution in [1.82, 2.24) is 14.7 Å². The molecule has 5 heteroatoms. The third-order valence-corrected chi connectivity index (χ3v) is 2.44. The molecule has 2 rings (SSSR count). The molecule has 2 aromatic heterocycles. The molecular formula is C10H14N4O. The van der Waals surface area contributed by atoms with Gasteiger partial charge in [-0.1, -0.05) is 5.16 Å². The van der Waals surface area contributed by atoms with Crippen LogP contribution in [-0.2, 0) is 12.1 Å². The lowest BCUT2D eigenvalue weighted by Gasteiger charge is -2.22. The van der Waals surface area contributed by atoms with Gasteiger partial charge < -0.3 is 14.8 Å². The van der Waals surface area contributed by atoms with Gasteiger partial charge in [0, 0.05) is 12.4 Å². The highest BCUT2D eigenvalue weighted by atomic mass is 16.5.